The minimum atomic E-state index is 0.225. The number of para-hydroxylation sites is 2. The van der Waals surface area contributed by atoms with Gasteiger partial charge in [0.15, 0.2) is 10.7 Å². The smallest absolute Gasteiger partial charge is 0.302 e. The van der Waals surface area contributed by atoms with E-state index in [0.717, 1.165) is 39.8 Å². The maximum absolute atomic E-state index is 12.3. The first-order chi connectivity index (χ1) is 12.1. The van der Waals surface area contributed by atoms with Crippen molar-refractivity contribution < 1.29 is 9.21 Å². The first-order valence-electron chi connectivity index (χ1n) is 8.47. The number of amides is 1. The Hall–Kier alpha value is -2.41. The van der Waals surface area contributed by atoms with Gasteiger partial charge in [-0.1, -0.05) is 37.3 Å². The van der Waals surface area contributed by atoms with Gasteiger partial charge in [0.05, 0.1) is 12.2 Å². The van der Waals surface area contributed by atoms with E-state index in [1.54, 1.807) is 11.3 Å². The van der Waals surface area contributed by atoms with Gasteiger partial charge in [-0.25, -0.2) is 4.98 Å². The van der Waals surface area contributed by atoms with Gasteiger partial charge in [0.2, 0.25) is 5.91 Å². The number of nitrogens with one attached hydrogen (secondary N) is 1. The van der Waals surface area contributed by atoms with E-state index >= 15 is 0 Å². The highest BCUT2D eigenvalue weighted by Crippen LogP contribution is 2.31. The normalized spacial score (nSPS) is 14.1. The number of benzene rings is 1. The summed E-state index contributed by atoms with van der Waals surface area (Å²) in [4.78, 5) is 24.4. The lowest BCUT2D eigenvalue weighted by molar-refractivity contribution is -0.132. The van der Waals surface area contributed by atoms with Crippen molar-refractivity contribution in [2.24, 2.45) is 5.92 Å². The fourth-order valence-electron chi connectivity index (χ4n) is 2.96. The molecule has 1 amide bonds. The van der Waals surface area contributed by atoms with Gasteiger partial charge >= 0.3 is 6.01 Å². The molecule has 0 unspecified atom stereocenters. The number of fused-ring (bicyclic) bond motifs is 2. The molecule has 2 aromatic heterocycles. The molecular formula is C18H20N4O2S. The molecule has 0 bridgehead atoms. The number of aromatic nitrogens is 2. The lowest BCUT2D eigenvalue weighted by atomic mass is 10.1. The van der Waals surface area contributed by atoms with Crippen LogP contribution in [0, 0.1) is 5.92 Å². The van der Waals surface area contributed by atoms with E-state index < -0.39 is 0 Å². The quantitative estimate of drug-likeness (QED) is 0.766. The van der Waals surface area contributed by atoms with Crippen LogP contribution in [0.5, 0.6) is 0 Å². The molecule has 3 aromatic rings. The Morgan fingerprint density at radius 3 is 3.00 bits per heavy atom. The van der Waals surface area contributed by atoms with Gasteiger partial charge in [0, 0.05) is 24.3 Å². The fraction of sp³-hybridized carbons (Fsp3) is 0.389. The minimum absolute atomic E-state index is 0.225. The largest absolute Gasteiger partial charge is 0.423 e. The van der Waals surface area contributed by atoms with Gasteiger partial charge in [-0.2, -0.15) is 4.98 Å². The molecule has 0 aliphatic carbocycles. The van der Waals surface area contributed by atoms with E-state index in [9.17, 15) is 4.79 Å². The number of thiazole rings is 1. The van der Waals surface area contributed by atoms with Crippen molar-refractivity contribution in [3.05, 3.63) is 34.8 Å². The Kier molecular flexibility index (Phi) is 4.17. The lowest BCUT2D eigenvalue weighted by Crippen LogP contribution is -2.36. The van der Waals surface area contributed by atoms with Crippen LogP contribution in [0.25, 0.3) is 11.1 Å². The van der Waals surface area contributed by atoms with Crippen LogP contribution >= 0.6 is 11.3 Å². The second-order valence-electron chi connectivity index (χ2n) is 6.66. The van der Waals surface area contributed by atoms with Gasteiger partial charge in [0.1, 0.15) is 5.52 Å². The highest BCUT2D eigenvalue weighted by atomic mass is 32.1. The Morgan fingerprint density at radius 2 is 2.20 bits per heavy atom. The fourth-order valence-corrected chi connectivity index (χ4v) is 3.97. The molecular weight excluding hydrogens is 336 g/mol. The standard InChI is InChI=1S/C18H20N4O2S/c1-11(2)9-16(23)22-8-7-13-15(10-22)25-18(20-13)21-17-19-12-5-3-4-6-14(12)24-17/h3-6,11H,7-10H2,1-2H3,(H,19,20,21). The van der Waals surface area contributed by atoms with Crippen molar-refractivity contribution in [3.63, 3.8) is 0 Å². The maximum Gasteiger partial charge on any atom is 0.302 e. The lowest BCUT2D eigenvalue weighted by Gasteiger charge is -2.26. The molecule has 0 fully saturated rings. The molecule has 7 heteroatoms. The highest BCUT2D eigenvalue weighted by molar-refractivity contribution is 7.15. The van der Waals surface area contributed by atoms with Crippen LogP contribution in [-0.4, -0.2) is 27.3 Å². The Bertz CT molecular complexity index is 882. The van der Waals surface area contributed by atoms with Gasteiger partial charge in [-0.15, -0.1) is 0 Å². The molecule has 1 aromatic carbocycles. The molecule has 1 N–H and O–H groups in total. The van der Waals surface area contributed by atoms with Crippen LogP contribution in [-0.2, 0) is 17.8 Å². The zero-order valence-corrected chi connectivity index (χ0v) is 15.1. The van der Waals surface area contributed by atoms with Crippen molar-refractivity contribution >= 4 is 39.5 Å². The summed E-state index contributed by atoms with van der Waals surface area (Å²) >= 11 is 1.56. The van der Waals surface area contributed by atoms with Crippen LogP contribution in [0.2, 0.25) is 0 Å². The van der Waals surface area contributed by atoms with E-state index in [0.29, 0.717) is 24.9 Å². The number of anilines is 2. The molecule has 0 spiro atoms. The van der Waals surface area contributed by atoms with Crippen LogP contribution in [0.3, 0.4) is 0 Å². The molecule has 0 radical (unpaired) electrons. The average Bonchev–Trinajstić information content (AvgIpc) is 3.15. The third-order valence-electron chi connectivity index (χ3n) is 4.17. The second-order valence-corrected chi connectivity index (χ2v) is 7.75. The van der Waals surface area contributed by atoms with Gasteiger partial charge in [-0.3, -0.25) is 10.1 Å². The van der Waals surface area contributed by atoms with Crippen LogP contribution in [0.4, 0.5) is 11.1 Å². The number of carbonyl (C=O) groups excluding carboxylic acids is 1. The predicted molar refractivity (Wildman–Crippen MR) is 98.0 cm³/mol. The van der Waals surface area contributed by atoms with Crippen molar-refractivity contribution in [1.29, 1.82) is 0 Å². The van der Waals surface area contributed by atoms with Crippen molar-refractivity contribution in [2.75, 3.05) is 11.9 Å². The van der Waals surface area contributed by atoms with Crippen LogP contribution in [0.15, 0.2) is 28.7 Å². The zero-order chi connectivity index (χ0) is 17.4. The second kappa shape index (κ2) is 6.48. The molecule has 130 valence electrons. The molecule has 6 nitrogen and oxygen atoms in total. The summed E-state index contributed by atoms with van der Waals surface area (Å²) in [5, 5.41) is 3.91. The Labute approximate surface area is 149 Å². The summed E-state index contributed by atoms with van der Waals surface area (Å²) in [7, 11) is 0. The number of nitrogens with zero attached hydrogens (tertiary/aromatic N) is 3. The van der Waals surface area contributed by atoms with Gasteiger partial charge in [0.25, 0.3) is 0 Å². The predicted octanol–water partition coefficient (Wildman–Crippen LogP) is 3.96. The topological polar surface area (TPSA) is 71.3 Å². The monoisotopic (exact) mass is 356 g/mol. The summed E-state index contributed by atoms with van der Waals surface area (Å²) in [5.74, 6) is 0.606. The molecule has 1 aliphatic heterocycles. The third kappa shape index (κ3) is 3.37. The SMILES string of the molecule is CC(C)CC(=O)N1CCc2nc(Nc3nc4ccccc4o3)sc2C1. The molecule has 25 heavy (non-hydrogen) atoms. The van der Waals surface area contributed by atoms with E-state index in [-0.39, 0.29) is 5.91 Å². The molecule has 0 saturated carbocycles. The van der Waals surface area contributed by atoms with Crippen LogP contribution < -0.4 is 5.32 Å². The number of oxazole rings is 1. The summed E-state index contributed by atoms with van der Waals surface area (Å²) in [5.41, 5.74) is 2.63. The van der Waals surface area contributed by atoms with E-state index in [4.69, 9.17) is 4.42 Å². The van der Waals surface area contributed by atoms with E-state index in [1.807, 2.05) is 29.2 Å². The number of carbonyl (C=O) groups is 1. The number of hydrogen-bond donors (Lipinski definition) is 1. The van der Waals surface area contributed by atoms with Crippen molar-refractivity contribution in [1.82, 2.24) is 14.9 Å². The van der Waals surface area contributed by atoms with Gasteiger partial charge < -0.3 is 9.32 Å². The summed E-state index contributed by atoms with van der Waals surface area (Å²) in [6, 6.07) is 8.09. The molecule has 1 aliphatic rings. The number of hydrogen-bond acceptors (Lipinski definition) is 6. The first-order valence-corrected chi connectivity index (χ1v) is 9.29. The maximum atomic E-state index is 12.3. The zero-order valence-electron chi connectivity index (χ0n) is 14.3. The molecule has 0 saturated heterocycles. The molecule has 4 rings (SSSR count). The molecule has 3 heterocycles. The summed E-state index contributed by atoms with van der Waals surface area (Å²) < 4.78 is 5.69. The van der Waals surface area contributed by atoms with E-state index in [2.05, 4.69) is 29.1 Å². The Balaban J connectivity index is 1.49. The number of rotatable bonds is 4. The molecule has 0 atom stereocenters. The Morgan fingerprint density at radius 1 is 1.36 bits per heavy atom. The first kappa shape index (κ1) is 16.1. The minimum Gasteiger partial charge on any atom is -0.423 e. The summed E-state index contributed by atoms with van der Waals surface area (Å²) in [6.45, 7) is 5.53. The third-order valence-corrected chi connectivity index (χ3v) is 5.17. The highest BCUT2D eigenvalue weighted by Gasteiger charge is 2.24. The van der Waals surface area contributed by atoms with Crippen molar-refractivity contribution in [3.8, 4) is 0 Å². The van der Waals surface area contributed by atoms with Crippen molar-refractivity contribution in [2.45, 2.75) is 33.2 Å². The average molecular weight is 356 g/mol. The van der Waals surface area contributed by atoms with E-state index in [1.165, 1.54) is 0 Å². The van der Waals surface area contributed by atoms with Gasteiger partial charge in [-0.05, 0) is 18.1 Å². The summed E-state index contributed by atoms with van der Waals surface area (Å²) in [6.07, 6.45) is 1.40. The van der Waals surface area contributed by atoms with Crippen LogP contribution in [0.1, 0.15) is 30.8 Å².